The first kappa shape index (κ1) is 19.5. The van der Waals surface area contributed by atoms with Crippen LogP contribution in [-0.2, 0) is 14.8 Å². The van der Waals surface area contributed by atoms with Crippen molar-refractivity contribution in [3.63, 3.8) is 0 Å². The Labute approximate surface area is 148 Å². The van der Waals surface area contributed by atoms with Gasteiger partial charge >= 0.3 is 5.97 Å². The number of H-pyrrole nitrogens is 1. The topological polar surface area (TPSA) is 109 Å². The summed E-state index contributed by atoms with van der Waals surface area (Å²) in [6.45, 7) is 4.17. The van der Waals surface area contributed by atoms with Gasteiger partial charge in [0, 0.05) is 24.8 Å². The van der Waals surface area contributed by atoms with Gasteiger partial charge in [-0.3, -0.25) is 4.79 Å². The van der Waals surface area contributed by atoms with Crippen molar-refractivity contribution in [2.45, 2.75) is 39.2 Å². The Bertz CT molecular complexity index is 769. The van der Waals surface area contributed by atoms with Gasteiger partial charge in [-0.25, -0.2) is 17.9 Å². The third-order valence-electron chi connectivity index (χ3n) is 4.51. The minimum Gasteiger partial charge on any atom is -0.465 e. The maximum atomic E-state index is 13.0. The highest BCUT2D eigenvalue weighted by Gasteiger charge is 2.31. The SMILES string of the molecule is COC(=O)c1c(C)[nH]c(C(=O)N2CCCC[C@@H]2CNS(C)(=O)=O)c1C. The lowest BCUT2D eigenvalue weighted by Crippen LogP contribution is -2.49. The average Bonchev–Trinajstić information content (AvgIpc) is 2.86. The summed E-state index contributed by atoms with van der Waals surface area (Å²) in [5.74, 6) is -0.713. The highest BCUT2D eigenvalue weighted by molar-refractivity contribution is 7.88. The lowest BCUT2D eigenvalue weighted by molar-refractivity contribution is 0.0599. The van der Waals surface area contributed by atoms with E-state index in [1.165, 1.54) is 7.11 Å². The van der Waals surface area contributed by atoms with Gasteiger partial charge in [-0.2, -0.15) is 0 Å². The normalized spacial score (nSPS) is 18.2. The van der Waals surface area contributed by atoms with Gasteiger partial charge in [-0.05, 0) is 38.7 Å². The maximum Gasteiger partial charge on any atom is 0.339 e. The van der Waals surface area contributed by atoms with Crippen LogP contribution in [0.1, 0.15) is 51.4 Å². The van der Waals surface area contributed by atoms with Crippen molar-refractivity contribution in [3.05, 3.63) is 22.5 Å². The van der Waals surface area contributed by atoms with Crippen LogP contribution in [0.25, 0.3) is 0 Å². The molecule has 1 aromatic heterocycles. The van der Waals surface area contributed by atoms with E-state index >= 15 is 0 Å². The van der Waals surface area contributed by atoms with Gasteiger partial charge < -0.3 is 14.6 Å². The standard InChI is InChI=1S/C16H25N3O5S/c1-10-13(16(21)24-3)11(2)18-14(10)15(20)19-8-6-5-7-12(19)9-17-25(4,22)23/h12,17-18H,5-9H2,1-4H3/t12-/m1/s1. The predicted molar refractivity (Wildman–Crippen MR) is 93.1 cm³/mol. The van der Waals surface area contributed by atoms with Gasteiger partial charge in [0.1, 0.15) is 5.69 Å². The Morgan fingerprint density at radius 1 is 1.32 bits per heavy atom. The zero-order valence-electron chi connectivity index (χ0n) is 15.0. The molecule has 1 amide bonds. The molecule has 0 bridgehead atoms. The van der Waals surface area contributed by atoms with Crippen molar-refractivity contribution in [1.29, 1.82) is 0 Å². The van der Waals surface area contributed by atoms with Crippen molar-refractivity contribution in [2.75, 3.05) is 26.5 Å². The van der Waals surface area contributed by atoms with Gasteiger partial charge in [0.2, 0.25) is 10.0 Å². The second-order valence-corrected chi connectivity index (χ2v) is 8.22. The van der Waals surface area contributed by atoms with E-state index in [9.17, 15) is 18.0 Å². The molecule has 1 aliphatic heterocycles. The summed E-state index contributed by atoms with van der Waals surface area (Å²) in [7, 11) is -2.02. The number of ether oxygens (including phenoxy) is 1. The third-order valence-corrected chi connectivity index (χ3v) is 5.20. The molecule has 1 aliphatic rings. The largest absolute Gasteiger partial charge is 0.465 e. The molecule has 9 heteroatoms. The number of hydrogen-bond donors (Lipinski definition) is 2. The molecule has 0 unspecified atom stereocenters. The molecule has 2 heterocycles. The van der Waals surface area contributed by atoms with E-state index < -0.39 is 16.0 Å². The molecule has 0 aliphatic carbocycles. The number of piperidine rings is 1. The van der Waals surface area contributed by atoms with Crippen molar-refractivity contribution < 1.29 is 22.7 Å². The number of esters is 1. The van der Waals surface area contributed by atoms with Gasteiger partial charge in [-0.1, -0.05) is 0 Å². The number of nitrogens with one attached hydrogen (secondary N) is 2. The average molecular weight is 371 g/mol. The molecule has 0 spiro atoms. The fourth-order valence-electron chi connectivity index (χ4n) is 3.24. The van der Waals surface area contributed by atoms with Crippen LogP contribution in [0.4, 0.5) is 0 Å². The van der Waals surface area contributed by atoms with Crippen LogP contribution in [0.15, 0.2) is 0 Å². The molecule has 2 rings (SSSR count). The zero-order chi connectivity index (χ0) is 18.8. The maximum absolute atomic E-state index is 13.0. The smallest absolute Gasteiger partial charge is 0.339 e. The minimum absolute atomic E-state index is 0.188. The van der Waals surface area contributed by atoms with E-state index in [-0.39, 0.29) is 18.5 Å². The molecule has 1 aromatic rings. The quantitative estimate of drug-likeness (QED) is 0.750. The highest BCUT2D eigenvalue weighted by atomic mass is 32.2. The van der Waals surface area contributed by atoms with Gasteiger partial charge in [-0.15, -0.1) is 0 Å². The van der Waals surface area contributed by atoms with Crippen LogP contribution in [0.5, 0.6) is 0 Å². The summed E-state index contributed by atoms with van der Waals surface area (Å²) in [4.78, 5) is 29.6. The molecular formula is C16H25N3O5S. The predicted octanol–water partition coefficient (Wildman–Crippen LogP) is 0.962. The first-order valence-electron chi connectivity index (χ1n) is 8.18. The van der Waals surface area contributed by atoms with E-state index in [1.54, 1.807) is 18.7 Å². The number of amides is 1. The molecule has 0 radical (unpaired) electrons. The van der Waals surface area contributed by atoms with E-state index in [1.807, 2.05) is 0 Å². The Balaban J connectivity index is 2.27. The first-order valence-corrected chi connectivity index (χ1v) is 10.1. The number of likely N-dealkylation sites (tertiary alicyclic amines) is 1. The van der Waals surface area contributed by atoms with E-state index in [0.29, 0.717) is 29.1 Å². The fourth-order valence-corrected chi connectivity index (χ4v) is 3.74. The summed E-state index contributed by atoms with van der Waals surface area (Å²) in [5, 5.41) is 0. The van der Waals surface area contributed by atoms with Gasteiger partial charge in [0.05, 0.1) is 18.9 Å². The van der Waals surface area contributed by atoms with Crippen LogP contribution < -0.4 is 4.72 Å². The number of hydrogen-bond acceptors (Lipinski definition) is 5. The molecule has 0 aromatic carbocycles. The summed E-state index contributed by atoms with van der Waals surface area (Å²) in [5.41, 5.74) is 1.85. The van der Waals surface area contributed by atoms with Crippen LogP contribution in [0.3, 0.4) is 0 Å². The number of methoxy groups -OCH3 is 1. The lowest BCUT2D eigenvalue weighted by Gasteiger charge is -2.35. The molecule has 0 saturated carbocycles. The van der Waals surface area contributed by atoms with E-state index in [2.05, 4.69) is 9.71 Å². The molecule has 1 atom stereocenters. The van der Waals surface area contributed by atoms with E-state index in [0.717, 1.165) is 25.5 Å². The van der Waals surface area contributed by atoms with Crippen molar-refractivity contribution >= 4 is 21.9 Å². The number of aryl methyl sites for hydroxylation is 1. The summed E-state index contributed by atoms with van der Waals surface area (Å²) >= 11 is 0. The zero-order valence-corrected chi connectivity index (χ0v) is 15.8. The molecule has 140 valence electrons. The number of rotatable bonds is 5. The number of aromatic nitrogens is 1. The second-order valence-electron chi connectivity index (χ2n) is 6.39. The molecule has 1 fully saturated rings. The van der Waals surface area contributed by atoms with Crippen LogP contribution >= 0.6 is 0 Å². The third kappa shape index (κ3) is 4.40. The Morgan fingerprint density at radius 3 is 2.60 bits per heavy atom. The number of carbonyl (C=O) groups is 2. The summed E-state index contributed by atoms with van der Waals surface area (Å²) in [6, 6.07) is -0.208. The number of aromatic amines is 1. The molecule has 1 saturated heterocycles. The Kier molecular flexibility index (Phi) is 5.89. The molecule has 8 nitrogen and oxygen atoms in total. The second kappa shape index (κ2) is 7.57. The molecular weight excluding hydrogens is 346 g/mol. The Hall–Kier alpha value is -1.87. The van der Waals surface area contributed by atoms with Gasteiger partial charge in [0.25, 0.3) is 5.91 Å². The summed E-state index contributed by atoms with van der Waals surface area (Å²) in [6.07, 6.45) is 3.64. The molecule has 2 N–H and O–H groups in total. The van der Waals surface area contributed by atoms with Gasteiger partial charge in [0.15, 0.2) is 0 Å². The van der Waals surface area contributed by atoms with Crippen LogP contribution in [-0.4, -0.2) is 62.7 Å². The minimum atomic E-state index is -3.32. The fraction of sp³-hybridized carbons (Fsp3) is 0.625. The van der Waals surface area contributed by atoms with Crippen LogP contribution in [0.2, 0.25) is 0 Å². The number of sulfonamides is 1. The first-order chi connectivity index (χ1) is 11.7. The van der Waals surface area contributed by atoms with Crippen molar-refractivity contribution in [3.8, 4) is 0 Å². The number of nitrogens with zero attached hydrogens (tertiary/aromatic N) is 1. The number of carbonyl (C=O) groups excluding carboxylic acids is 2. The highest BCUT2D eigenvalue weighted by Crippen LogP contribution is 2.24. The van der Waals surface area contributed by atoms with Crippen molar-refractivity contribution in [2.24, 2.45) is 0 Å². The summed E-state index contributed by atoms with van der Waals surface area (Å²) < 4.78 is 30.0. The molecule has 25 heavy (non-hydrogen) atoms. The van der Waals surface area contributed by atoms with Crippen molar-refractivity contribution in [1.82, 2.24) is 14.6 Å². The van der Waals surface area contributed by atoms with Crippen LogP contribution in [0, 0.1) is 13.8 Å². The Morgan fingerprint density at radius 2 is 2.00 bits per heavy atom. The lowest BCUT2D eigenvalue weighted by atomic mass is 10.0. The van der Waals surface area contributed by atoms with E-state index in [4.69, 9.17) is 4.74 Å². The monoisotopic (exact) mass is 371 g/mol.